The Morgan fingerprint density at radius 2 is 1.93 bits per heavy atom. The Morgan fingerprint density at radius 1 is 1.21 bits per heavy atom. The second-order valence-electron chi connectivity index (χ2n) is 7.19. The average molecular weight is 423 g/mol. The molecule has 2 heterocycles. The van der Waals surface area contributed by atoms with Crippen LogP contribution in [0.2, 0.25) is 5.15 Å². The number of nitrogens with one attached hydrogen (secondary N) is 1. The van der Waals surface area contributed by atoms with Crippen LogP contribution in [0.5, 0.6) is 0 Å². The highest BCUT2D eigenvalue weighted by atomic mass is 35.5. The van der Waals surface area contributed by atoms with Gasteiger partial charge in [-0.2, -0.15) is 0 Å². The van der Waals surface area contributed by atoms with E-state index in [1.54, 1.807) is 17.7 Å². The van der Waals surface area contributed by atoms with Crippen LogP contribution in [0, 0.1) is 5.82 Å². The topological polar surface area (TPSA) is 59.8 Å². The molecule has 1 saturated carbocycles. The third-order valence-corrected chi connectivity index (χ3v) is 5.66. The molecule has 1 N–H and O–H groups in total. The van der Waals surface area contributed by atoms with Gasteiger partial charge in [-0.25, -0.2) is 13.2 Å². The molecular formula is C20H18ClF3N4O. The van der Waals surface area contributed by atoms with Crippen LogP contribution in [-0.2, 0) is 0 Å². The highest BCUT2D eigenvalue weighted by Gasteiger charge is 2.23. The fraction of sp³-hybridized carbons (Fsp3) is 0.350. The van der Waals surface area contributed by atoms with Gasteiger partial charge in [-0.15, -0.1) is 10.2 Å². The third kappa shape index (κ3) is 3.57. The minimum atomic E-state index is -2.91. The lowest BCUT2D eigenvalue weighted by Crippen LogP contribution is -2.28. The maximum Gasteiger partial charge on any atom is 0.266 e. The smallest absolute Gasteiger partial charge is 0.266 e. The molecule has 9 heteroatoms. The molecule has 5 nitrogen and oxygen atoms in total. The summed E-state index contributed by atoms with van der Waals surface area (Å²) in [5.41, 5.74) is -0.742. The molecule has 1 atom stereocenters. The molecule has 2 aromatic heterocycles. The maximum absolute atomic E-state index is 14.5. The molecule has 0 aliphatic heterocycles. The molecule has 0 saturated heterocycles. The van der Waals surface area contributed by atoms with E-state index in [4.69, 9.17) is 11.6 Å². The van der Waals surface area contributed by atoms with E-state index in [2.05, 4.69) is 15.5 Å². The summed E-state index contributed by atoms with van der Waals surface area (Å²) in [7, 11) is 0. The molecule has 0 unspecified atom stereocenters. The summed E-state index contributed by atoms with van der Waals surface area (Å²) in [4.78, 5) is 12.4. The van der Waals surface area contributed by atoms with Crippen molar-refractivity contribution in [1.82, 2.24) is 14.8 Å². The maximum atomic E-state index is 14.5. The van der Waals surface area contributed by atoms with Gasteiger partial charge in [-0.05, 0) is 26.2 Å². The Morgan fingerprint density at radius 3 is 2.59 bits per heavy atom. The molecule has 1 aliphatic carbocycles. The monoisotopic (exact) mass is 422 g/mol. The summed E-state index contributed by atoms with van der Waals surface area (Å²) in [6, 6.07) is 4.76. The highest BCUT2D eigenvalue weighted by molar-refractivity contribution is 6.34. The standard InChI is InChI=1S/C20H18ClF3N4O/c1-10(12-6-3-7-13(17(12)22)19(23)24)25-20-15-9-28(11-4-2-5-11)16(29)8-14(15)18(21)26-27-20/h3,6-11,19H,2,4-5H2,1H3,(H,25,27)/t10-/m1/s1. The molecule has 0 bridgehead atoms. The second kappa shape index (κ2) is 7.67. The lowest BCUT2D eigenvalue weighted by Gasteiger charge is -2.28. The van der Waals surface area contributed by atoms with Crippen LogP contribution in [0.25, 0.3) is 10.8 Å². The number of alkyl halides is 2. The molecule has 29 heavy (non-hydrogen) atoms. The average Bonchev–Trinajstić information content (AvgIpc) is 2.63. The fourth-order valence-corrected chi connectivity index (χ4v) is 3.71. The molecular weight excluding hydrogens is 405 g/mol. The van der Waals surface area contributed by atoms with E-state index < -0.39 is 23.8 Å². The van der Waals surface area contributed by atoms with Crippen molar-refractivity contribution in [3.63, 3.8) is 0 Å². The zero-order valence-electron chi connectivity index (χ0n) is 15.5. The Labute approximate surface area is 169 Å². The van der Waals surface area contributed by atoms with Gasteiger partial charge < -0.3 is 9.88 Å². The van der Waals surface area contributed by atoms with Crippen LogP contribution in [0.3, 0.4) is 0 Å². The van der Waals surface area contributed by atoms with Gasteiger partial charge in [0, 0.05) is 34.6 Å². The van der Waals surface area contributed by atoms with E-state index in [1.807, 2.05) is 0 Å². The summed E-state index contributed by atoms with van der Waals surface area (Å²) >= 11 is 6.12. The van der Waals surface area contributed by atoms with E-state index in [1.165, 1.54) is 18.2 Å². The van der Waals surface area contributed by atoms with E-state index in [-0.39, 0.29) is 22.3 Å². The zero-order valence-corrected chi connectivity index (χ0v) is 16.3. The molecule has 4 rings (SSSR count). The molecule has 3 aromatic rings. The first-order valence-corrected chi connectivity index (χ1v) is 9.65. The van der Waals surface area contributed by atoms with Crippen molar-refractivity contribution in [2.24, 2.45) is 0 Å². The number of rotatable bonds is 5. The predicted molar refractivity (Wildman–Crippen MR) is 105 cm³/mol. The van der Waals surface area contributed by atoms with Crippen LogP contribution >= 0.6 is 11.6 Å². The van der Waals surface area contributed by atoms with Gasteiger partial charge in [-0.3, -0.25) is 4.79 Å². The summed E-state index contributed by atoms with van der Waals surface area (Å²) < 4.78 is 42.2. The first-order chi connectivity index (χ1) is 13.9. The van der Waals surface area contributed by atoms with Crippen LogP contribution in [-0.4, -0.2) is 14.8 Å². The van der Waals surface area contributed by atoms with Crippen molar-refractivity contribution in [3.8, 4) is 0 Å². The number of benzene rings is 1. The largest absolute Gasteiger partial charge is 0.361 e. The van der Waals surface area contributed by atoms with Crippen LogP contribution in [0.1, 0.15) is 55.8 Å². The minimum Gasteiger partial charge on any atom is -0.361 e. The molecule has 0 spiro atoms. The molecule has 1 fully saturated rings. The van der Waals surface area contributed by atoms with Crippen LogP contribution in [0.15, 0.2) is 35.3 Å². The number of aromatic nitrogens is 3. The second-order valence-corrected chi connectivity index (χ2v) is 7.55. The number of pyridine rings is 1. The summed E-state index contributed by atoms with van der Waals surface area (Å²) in [5.74, 6) is -0.660. The van der Waals surface area contributed by atoms with E-state index in [0.717, 1.165) is 25.3 Å². The Kier molecular flexibility index (Phi) is 5.21. The van der Waals surface area contributed by atoms with Crippen molar-refractivity contribution in [1.29, 1.82) is 0 Å². The molecule has 1 aromatic carbocycles. The Hall–Kier alpha value is -2.61. The van der Waals surface area contributed by atoms with Gasteiger partial charge >= 0.3 is 0 Å². The van der Waals surface area contributed by atoms with E-state index >= 15 is 0 Å². The van der Waals surface area contributed by atoms with Crippen molar-refractivity contribution in [2.75, 3.05) is 5.32 Å². The van der Waals surface area contributed by atoms with Crippen molar-refractivity contribution >= 4 is 28.2 Å². The molecule has 1 aliphatic rings. The molecule has 0 radical (unpaired) electrons. The number of anilines is 1. The molecule has 152 valence electrons. The van der Waals surface area contributed by atoms with Gasteiger partial charge in [0.25, 0.3) is 12.0 Å². The summed E-state index contributed by atoms with van der Waals surface area (Å²) in [6.45, 7) is 1.64. The van der Waals surface area contributed by atoms with E-state index in [0.29, 0.717) is 16.6 Å². The first-order valence-electron chi connectivity index (χ1n) is 9.28. The van der Waals surface area contributed by atoms with E-state index in [9.17, 15) is 18.0 Å². The van der Waals surface area contributed by atoms with Gasteiger partial charge in [0.15, 0.2) is 11.0 Å². The van der Waals surface area contributed by atoms with Crippen LogP contribution in [0.4, 0.5) is 19.0 Å². The lowest BCUT2D eigenvalue weighted by molar-refractivity contribution is 0.146. The van der Waals surface area contributed by atoms with Gasteiger partial charge in [0.05, 0.1) is 11.6 Å². The zero-order chi connectivity index (χ0) is 20.7. The molecule has 0 amide bonds. The van der Waals surface area contributed by atoms with Gasteiger partial charge in [-0.1, -0.05) is 29.8 Å². The quantitative estimate of drug-likeness (QED) is 0.596. The fourth-order valence-electron chi connectivity index (χ4n) is 3.52. The summed E-state index contributed by atoms with van der Waals surface area (Å²) in [6.07, 6.45) is 1.68. The number of nitrogens with zero attached hydrogens (tertiary/aromatic N) is 3. The van der Waals surface area contributed by atoms with Gasteiger partial charge in [0.2, 0.25) is 0 Å². The SMILES string of the molecule is C[C@@H](Nc1nnc(Cl)c2cc(=O)n(C3CCC3)cc12)c1cccc(C(F)F)c1F. The highest BCUT2D eigenvalue weighted by Crippen LogP contribution is 2.34. The number of hydrogen-bond donors (Lipinski definition) is 1. The summed E-state index contributed by atoms with van der Waals surface area (Å²) in [5, 5.41) is 12.0. The predicted octanol–water partition coefficient (Wildman–Crippen LogP) is 5.42. The van der Waals surface area contributed by atoms with Gasteiger partial charge in [0.1, 0.15) is 5.82 Å². The third-order valence-electron chi connectivity index (χ3n) is 5.38. The normalized spacial score (nSPS) is 15.5. The first kappa shape index (κ1) is 19.7. The number of halogens is 4. The van der Waals surface area contributed by atoms with Crippen LogP contribution < -0.4 is 10.9 Å². The lowest BCUT2D eigenvalue weighted by atomic mass is 9.92. The van der Waals surface area contributed by atoms with Crippen molar-refractivity contribution < 1.29 is 13.2 Å². The number of hydrogen-bond acceptors (Lipinski definition) is 4. The Bertz CT molecular complexity index is 1130. The van der Waals surface area contributed by atoms with Crippen molar-refractivity contribution in [3.05, 3.63) is 62.9 Å². The Balaban J connectivity index is 1.75. The number of fused-ring (bicyclic) bond motifs is 1. The van der Waals surface area contributed by atoms with Crippen molar-refractivity contribution in [2.45, 2.75) is 44.7 Å². The minimum absolute atomic E-state index is 0.0833.